The van der Waals surface area contributed by atoms with Gasteiger partial charge in [0.15, 0.2) is 0 Å². The molecule has 2 radical (unpaired) electrons. The third kappa shape index (κ3) is 17.7. The van der Waals surface area contributed by atoms with Crippen LogP contribution in [0.3, 0.4) is 0 Å². The summed E-state index contributed by atoms with van der Waals surface area (Å²) in [6.45, 7) is 6.13. The average molecular weight is 1350 g/mol. The van der Waals surface area contributed by atoms with Crippen LogP contribution in [-0.2, 0) is 49.5 Å². The van der Waals surface area contributed by atoms with Crippen LogP contribution in [0.2, 0.25) is 0 Å². The zero-order valence-corrected chi connectivity index (χ0v) is 45.5. The normalized spacial score (nSPS) is 12.7. The van der Waals surface area contributed by atoms with Crippen LogP contribution in [0.25, 0.3) is 56.3 Å². The van der Waals surface area contributed by atoms with Crippen molar-refractivity contribution < 1.29 is 49.5 Å². The molecule has 1 atom stereocenters. The first-order chi connectivity index (χ1) is 33.8. The van der Waals surface area contributed by atoms with Crippen LogP contribution in [0, 0.1) is 24.3 Å². The molecule has 8 nitrogen and oxygen atoms in total. The van der Waals surface area contributed by atoms with E-state index in [0.717, 1.165) is 66.4 Å². The predicted molar refractivity (Wildman–Crippen MR) is 280 cm³/mol. The zero-order chi connectivity index (χ0) is 47.9. The number of pyridine rings is 6. The second-order valence-corrected chi connectivity index (χ2v) is 16.5. The van der Waals surface area contributed by atoms with Gasteiger partial charge in [0, 0.05) is 77.4 Å². The Morgan fingerprint density at radius 2 is 0.831 bits per heavy atom. The van der Waals surface area contributed by atoms with Crippen LogP contribution in [0.5, 0.6) is 0 Å². The maximum Gasteiger partial charge on any atom is 0.475 e. The summed E-state index contributed by atoms with van der Waals surface area (Å²) in [5, 5.41) is 0. The summed E-state index contributed by atoms with van der Waals surface area (Å²) in [6, 6.07) is 75.2. The standard InChI is InChI=1S/C16H17BNO2.C16H11N2.2C11H8N.C5H4BrN.2Ir/c1-12-16(2,3)20-17(19-12)14-8-6-7-13(11-14)15-9-4-5-10-18-15;1-3-10-17-15(8-1)13-6-5-7-14(12-13)16-9-2-4-11-18-16;2*1-2-6-10(7-3-1)11-8-4-5-9-12-11;6-5-3-1-2-4-7-5;;/h4-6,8-12H,1-3H3;1-6,8-12H;2*1-6,8-9H;1-4H;;/q4*-1;;;. The van der Waals surface area contributed by atoms with Gasteiger partial charge >= 0.3 is 7.12 Å². The number of halogens is 1. The van der Waals surface area contributed by atoms with E-state index in [2.05, 4.69) is 76.2 Å². The van der Waals surface area contributed by atoms with E-state index in [-0.39, 0.29) is 59.0 Å². The van der Waals surface area contributed by atoms with E-state index in [1.54, 1.807) is 37.2 Å². The SMILES string of the molecule is Brc1ccccn1.CC1OB(c2cc[c-]c(-c3ccccn3)c2)OC1(C)C.[Ir].[Ir].[c-]1ccc(-c2ccccn2)cc1-c1ccccn1.[c-]1ccccc1-c1ccccn1.[c-]1ccccc1-c1ccccn1. The topological polar surface area (TPSA) is 95.8 Å². The van der Waals surface area contributed by atoms with Crippen LogP contribution >= 0.6 is 15.9 Å². The molecule has 0 aliphatic carbocycles. The Bertz CT molecular complexity index is 2790. The van der Waals surface area contributed by atoms with Gasteiger partial charge in [0.1, 0.15) is 4.60 Å². The van der Waals surface area contributed by atoms with E-state index in [0.29, 0.717) is 0 Å². The second kappa shape index (κ2) is 29.7. The minimum absolute atomic E-state index is 0. The first kappa shape index (κ1) is 55.5. The van der Waals surface area contributed by atoms with Crippen LogP contribution in [0.15, 0.2) is 236 Å². The second-order valence-electron chi connectivity index (χ2n) is 15.6. The third-order valence-electron chi connectivity index (χ3n) is 10.4. The molecule has 358 valence electrons. The monoisotopic (exact) mass is 1350 g/mol. The fourth-order valence-electron chi connectivity index (χ4n) is 6.52. The minimum Gasteiger partial charge on any atom is -0.403 e. The molecule has 1 aliphatic heterocycles. The number of benzene rings is 4. The molecule has 12 heteroatoms. The number of nitrogens with zero attached hydrogens (tertiary/aromatic N) is 6. The average Bonchev–Trinajstić information content (AvgIpc) is 3.72. The van der Waals surface area contributed by atoms with E-state index < -0.39 is 0 Å². The Balaban J connectivity index is 0.000000170. The molecule has 6 aromatic heterocycles. The zero-order valence-electron chi connectivity index (χ0n) is 39.1. The van der Waals surface area contributed by atoms with Crippen molar-refractivity contribution in [2.75, 3.05) is 0 Å². The summed E-state index contributed by atoms with van der Waals surface area (Å²) in [5.74, 6) is 0. The smallest absolute Gasteiger partial charge is 0.403 e. The van der Waals surface area contributed by atoms with Gasteiger partial charge in [0.25, 0.3) is 0 Å². The molecule has 0 N–H and O–H groups in total. The number of aromatic nitrogens is 6. The van der Waals surface area contributed by atoms with Crippen LogP contribution in [-0.4, -0.2) is 48.7 Å². The van der Waals surface area contributed by atoms with E-state index in [9.17, 15) is 0 Å². The molecular weight excluding hydrogens is 1300 g/mol. The Kier molecular flexibility index (Phi) is 23.2. The van der Waals surface area contributed by atoms with Crippen molar-refractivity contribution in [2.45, 2.75) is 32.5 Å². The van der Waals surface area contributed by atoms with E-state index in [1.807, 2.05) is 209 Å². The quantitative estimate of drug-likeness (QED) is 0.0923. The summed E-state index contributed by atoms with van der Waals surface area (Å²) >= 11 is 3.20. The Labute approximate surface area is 453 Å². The van der Waals surface area contributed by atoms with Crippen molar-refractivity contribution in [3.05, 3.63) is 260 Å². The molecule has 1 fully saturated rings. The fraction of sp³-hybridized carbons (Fsp3) is 0.0847. The van der Waals surface area contributed by atoms with Gasteiger partial charge < -0.3 is 29.2 Å². The molecule has 4 aromatic carbocycles. The molecule has 0 bridgehead atoms. The van der Waals surface area contributed by atoms with Gasteiger partial charge in [-0.15, -0.1) is 137 Å². The van der Waals surface area contributed by atoms with Gasteiger partial charge in [-0.1, -0.05) is 66.2 Å². The van der Waals surface area contributed by atoms with Crippen molar-refractivity contribution in [3.8, 4) is 56.3 Å². The minimum atomic E-state index is -0.322. The maximum atomic E-state index is 5.98. The first-order valence-electron chi connectivity index (χ1n) is 22.3. The van der Waals surface area contributed by atoms with E-state index in [1.165, 1.54) is 0 Å². The molecule has 0 spiro atoms. The van der Waals surface area contributed by atoms with Crippen molar-refractivity contribution in [1.82, 2.24) is 29.9 Å². The van der Waals surface area contributed by atoms with Gasteiger partial charge in [-0.25, -0.2) is 4.98 Å². The molecule has 1 unspecified atom stereocenters. The fourth-order valence-corrected chi connectivity index (χ4v) is 6.79. The largest absolute Gasteiger partial charge is 0.475 e. The Morgan fingerprint density at radius 1 is 0.437 bits per heavy atom. The Morgan fingerprint density at radius 3 is 1.20 bits per heavy atom. The van der Waals surface area contributed by atoms with Gasteiger partial charge in [0.2, 0.25) is 0 Å². The molecule has 10 aromatic rings. The van der Waals surface area contributed by atoms with Crippen molar-refractivity contribution in [2.24, 2.45) is 0 Å². The molecule has 1 saturated heterocycles. The van der Waals surface area contributed by atoms with E-state index in [4.69, 9.17) is 9.31 Å². The molecule has 7 heterocycles. The van der Waals surface area contributed by atoms with E-state index >= 15 is 0 Å². The van der Waals surface area contributed by atoms with Gasteiger partial charge in [0.05, 0.1) is 17.4 Å². The van der Waals surface area contributed by atoms with Crippen LogP contribution in [0.4, 0.5) is 0 Å². The first-order valence-corrected chi connectivity index (χ1v) is 23.1. The molecular formula is C59H48BBrIr2N6O2-4. The molecule has 0 amide bonds. The summed E-state index contributed by atoms with van der Waals surface area (Å²) in [4.78, 5) is 25.4. The summed E-state index contributed by atoms with van der Waals surface area (Å²) in [6.07, 6.45) is 10.7. The third-order valence-corrected chi connectivity index (χ3v) is 10.9. The van der Waals surface area contributed by atoms with Gasteiger partial charge in [-0.3, -0.25) is 4.98 Å². The predicted octanol–water partition coefficient (Wildman–Crippen LogP) is 13.0. The van der Waals surface area contributed by atoms with Gasteiger partial charge in [-0.05, 0) is 108 Å². The Hall–Kier alpha value is -6.46. The maximum absolute atomic E-state index is 5.98. The molecule has 1 aliphatic rings. The van der Waals surface area contributed by atoms with Gasteiger partial charge in [-0.2, -0.15) is 0 Å². The molecule has 11 rings (SSSR count). The van der Waals surface area contributed by atoms with Crippen molar-refractivity contribution >= 4 is 28.5 Å². The van der Waals surface area contributed by atoms with Crippen LogP contribution in [0.1, 0.15) is 20.8 Å². The summed E-state index contributed by atoms with van der Waals surface area (Å²) < 4.78 is 12.8. The summed E-state index contributed by atoms with van der Waals surface area (Å²) in [7, 11) is -0.322. The number of hydrogen-bond acceptors (Lipinski definition) is 8. The number of rotatable bonds is 6. The molecule has 0 saturated carbocycles. The summed E-state index contributed by atoms with van der Waals surface area (Å²) in [5.41, 5.74) is 10.6. The van der Waals surface area contributed by atoms with Crippen molar-refractivity contribution in [1.29, 1.82) is 0 Å². The van der Waals surface area contributed by atoms with Crippen LogP contribution < -0.4 is 5.46 Å². The van der Waals surface area contributed by atoms with Crippen molar-refractivity contribution in [3.63, 3.8) is 0 Å². The molecule has 71 heavy (non-hydrogen) atoms. The number of hydrogen-bond donors (Lipinski definition) is 0.